The molecular formula is C15H15BrN2O. The zero-order chi connectivity index (χ0) is 13.8. The Hall–Kier alpha value is -1.81. The molecule has 0 saturated heterocycles. The lowest BCUT2D eigenvalue weighted by molar-refractivity contribution is -0.118. The van der Waals surface area contributed by atoms with E-state index in [9.17, 15) is 4.79 Å². The van der Waals surface area contributed by atoms with Crippen LogP contribution in [0, 0.1) is 6.92 Å². The van der Waals surface area contributed by atoms with Crippen LogP contribution in [0.2, 0.25) is 0 Å². The minimum absolute atomic E-state index is 0.407. The van der Waals surface area contributed by atoms with Gasteiger partial charge in [-0.25, -0.2) is 0 Å². The minimum Gasteiger partial charge on any atom is -0.370 e. The SMILES string of the molecule is Cc1ccccc1NC(C(N)=O)c1ccccc1Br. The summed E-state index contributed by atoms with van der Waals surface area (Å²) in [7, 11) is 0. The third kappa shape index (κ3) is 3.15. The number of anilines is 1. The van der Waals surface area contributed by atoms with E-state index in [2.05, 4.69) is 21.2 Å². The molecule has 19 heavy (non-hydrogen) atoms. The van der Waals surface area contributed by atoms with Gasteiger partial charge in [0.25, 0.3) is 0 Å². The van der Waals surface area contributed by atoms with Crippen LogP contribution in [0.4, 0.5) is 5.69 Å². The Morgan fingerprint density at radius 1 is 1.16 bits per heavy atom. The molecule has 1 atom stereocenters. The maximum atomic E-state index is 11.7. The van der Waals surface area contributed by atoms with E-state index < -0.39 is 11.9 Å². The molecule has 0 heterocycles. The van der Waals surface area contributed by atoms with Gasteiger partial charge >= 0.3 is 0 Å². The van der Waals surface area contributed by atoms with Gasteiger partial charge in [0.05, 0.1) is 0 Å². The lowest BCUT2D eigenvalue weighted by Gasteiger charge is -2.19. The highest BCUT2D eigenvalue weighted by molar-refractivity contribution is 9.10. The monoisotopic (exact) mass is 318 g/mol. The minimum atomic E-state index is -0.559. The fourth-order valence-electron chi connectivity index (χ4n) is 1.90. The molecule has 3 nitrogen and oxygen atoms in total. The largest absolute Gasteiger partial charge is 0.370 e. The fraction of sp³-hybridized carbons (Fsp3) is 0.133. The van der Waals surface area contributed by atoms with Crippen LogP contribution in [0.3, 0.4) is 0 Å². The van der Waals surface area contributed by atoms with Crippen molar-refractivity contribution in [3.05, 3.63) is 64.1 Å². The molecule has 0 aliphatic carbocycles. The normalized spacial score (nSPS) is 11.9. The second kappa shape index (κ2) is 5.89. The van der Waals surface area contributed by atoms with Crippen molar-refractivity contribution in [3.8, 4) is 0 Å². The van der Waals surface area contributed by atoms with Gasteiger partial charge in [-0.05, 0) is 30.2 Å². The number of hydrogen-bond donors (Lipinski definition) is 2. The van der Waals surface area contributed by atoms with Crippen LogP contribution in [0.15, 0.2) is 53.0 Å². The molecule has 1 unspecified atom stereocenters. The highest BCUT2D eigenvalue weighted by atomic mass is 79.9. The van der Waals surface area contributed by atoms with Crippen LogP contribution >= 0.6 is 15.9 Å². The number of nitrogens with one attached hydrogen (secondary N) is 1. The van der Waals surface area contributed by atoms with Gasteiger partial charge in [0.2, 0.25) is 5.91 Å². The number of benzene rings is 2. The van der Waals surface area contributed by atoms with Gasteiger partial charge in [0.15, 0.2) is 0 Å². The molecule has 0 saturated carbocycles. The molecule has 2 aromatic carbocycles. The van der Waals surface area contributed by atoms with E-state index in [1.807, 2.05) is 55.5 Å². The number of rotatable bonds is 4. The third-order valence-electron chi connectivity index (χ3n) is 2.95. The summed E-state index contributed by atoms with van der Waals surface area (Å²) in [6.07, 6.45) is 0. The smallest absolute Gasteiger partial charge is 0.244 e. The Labute approximate surface area is 121 Å². The molecule has 3 N–H and O–H groups in total. The van der Waals surface area contributed by atoms with Crippen molar-refractivity contribution in [1.29, 1.82) is 0 Å². The lowest BCUT2D eigenvalue weighted by Crippen LogP contribution is -2.28. The summed E-state index contributed by atoms with van der Waals surface area (Å²) >= 11 is 3.45. The van der Waals surface area contributed by atoms with Crippen molar-refractivity contribution >= 4 is 27.5 Å². The summed E-state index contributed by atoms with van der Waals surface area (Å²) in [6, 6.07) is 14.8. The predicted octanol–water partition coefficient (Wildman–Crippen LogP) is 3.40. The molecule has 0 spiro atoms. The number of para-hydroxylation sites is 1. The lowest BCUT2D eigenvalue weighted by atomic mass is 10.1. The standard InChI is InChI=1S/C15H15BrN2O/c1-10-6-2-5-9-13(10)18-14(15(17)19)11-7-3-4-8-12(11)16/h2-9,14,18H,1H3,(H2,17,19). The zero-order valence-electron chi connectivity index (χ0n) is 10.6. The van der Waals surface area contributed by atoms with Gasteiger partial charge in [-0.1, -0.05) is 52.3 Å². The number of nitrogens with two attached hydrogens (primary N) is 1. The van der Waals surface area contributed by atoms with Gasteiger partial charge in [0.1, 0.15) is 6.04 Å². The first kappa shape index (κ1) is 13.6. The number of hydrogen-bond acceptors (Lipinski definition) is 2. The first-order valence-electron chi connectivity index (χ1n) is 5.95. The van der Waals surface area contributed by atoms with E-state index in [1.54, 1.807) is 0 Å². The topological polar surface area (TPSA) is 55.1 Å². The quantitative estimate of drug-likeness (QED) is 0.907. The second-order valence-electron chi connectivity index (χ2n) is 4.32. The van der Waals surface area contributed by atoms with Crippen molar-refractivity contribution in [1.82, 2.24) is 0 Å². The van der Waals surface area contributed by atoms with Gasteiger partial charge in [-0.15, -0.1) is 0 Å². The average molecular weight is 319 g/mol. The molecule has 0 aromatic heterocycles. The molecule has 0 fully saturated rings. The van der Waals surface area contributed by atoms with Crippen LogP contribution in [-0.2, 0) is 4.79 Å². The first-order chi connectivity index (χ1) is 9.09. The first-order valence-corrected chi connectivity index (χ1v) is 6.75. The van der Waals surface area contributed by atoms with E-state index in [-0.39, 0.29) is 0 Å². The van der Waals surface area contributed by atoms with E-state index in [1.165, 1.54) is 0 Å². The molecular weight excluding hydrogens is 304 g/mol. The number of carbonyl (C=O) groups excluding carboxylic acids is 1. The van der Waals surface area contributed by atoms with Crippen molar-refractivity contribution in [2.75, 3.05) is 5.32 Å². The Balaban J connectivity index is 2.35. The number of carbonyl (C=O) groups is 1. The van der Waals surface area contributed by atoms with Crippen molar-refractivity contribution in [3.63, 3.8) is 0 Å². The van der Waals surface area contributed by atoms with Crippen LogP contribution in [0.5, 0.6) is 0 Å². The Morgan fingerprint density at radius 3 is 2.42 bits per heavy atom. The summed E-state index contributed by atoms with van der Waals surface area (Å²) in [5.74, 6) is -0.407. The molecule has 0 bridgehead atoms. The fourth-order valence-corrected chi connectivity index (χ4v) is 2.42. The third-order valence-corrected chi connectivity index (χ3v) is 3.67. The molecule has 2 aromatic rings. The van der Waals surface area contributed by atoms with Crippen LogP contribution in [0.1, 0.15) is 17.2 Å². The maximum absolute atomic E-state index is 11.7. The molecule has 4 heteroatoms. The van der Waals surface area contributed by atoms with Crippen LogP contribution < -0.4 is 11.1 Å². The number of amides is 1. The zero-order valence-corrected chi connectivity index (χ0v) is 12.1. The van der Waals surface area contributed by atoms with Gasteiger partial charge in [-0.3, -0.25) is 4.79 Å². The highest BCUT2D eigenvalue weighted by Gasteiger charge is 2.20. The van der Waals surface area contributed by atoms with Gasteiger partial charge < -0.3 is 11.1 Å². The Bertz CT molecular complexity index is 598. The van der Waals surface area contributed by atoms with Crippen molar-refractivity contribution < 1.29 is 4.79 Å². The number of aryl methyl sites for hydroxylation is 1. The predicted molar refractivity (Wildman–Crippen MR) is 80.9 cm³/mol. The van der Waals surface area contributed by atoms with Crippen LogP contribution in [0.25, 0.3) is 0 Å². The van der Waals surface area contributed by atoms with E-state index in [4.69, 9.17) is 5.73 Å². The number of primary amides is 1. The number of halogens is 1. The molecule has 0 aliphatic rings. The summed E-state index contributed by atoms with van der Waals surface area (Å²) in [5, 5.41) is 3.20. The summed E-state index contributed by atoms with van der Waals surface area (Å²) in [4.78, 5) is 11.7. The highest BCUT2D eigenvalue weighted by Crippen LogP contribution is 2.27. The molecule has 2 rings (SSSR count). The van der Waals surface area contributed by atoms with E-state index in [0.717, 1.165) is 21.3 Å². The van der Waals surface area contributed by atoms with Crippen molar-refractivity contribution in [2.45, 2.75) is 13.0 Å². The van der Waals surface area contributed by atoms with Gasteiger partial charge in [-0.2, -0.15) is 0 Å². The second-order valence-corrected chi connectivity index (χ2v) is 5.17. The summed E-state index contributed by atoms with van der Waals surface area (Å²) in [6.45, 7) is 1.99. The summed E-state index contributed by atoms with van der Waals surface area (Å²) in [5.41, 5.74) is 8.32. The molecule has 0 aliphatic heterocycles. The maximum Gasteiger partial charge on any atom is 0.244 e. The van der Waals surface area contributed by atoms with Crippen molar-refractivity contribution in [2.24, 2.45) is 5.73 Å². The van der Waals surface area contributed by atoms with E-state index in [0.29, 0.717) is 0 Å². The Kier molecular flexibility index (Phi) is 4.22. The summed E-state index contributed by atoms with van der Waals surface area (Å²) < 4.78 is 0.861. The molecule has 1 amide bonds. The van der Waals surface area contributed by atoms with Crippen LogP contribution in [-0.4, -0.2) is 5.91 Å². The van der Waals surface area contributed by atoms with E-state index >= 15 is 0 Å². The average Bonchev–Trinajstić information content (AvgIpc) is 2.38. The Morgan fingerprint density at radius 2 is 1.79 bits per heavy atom. The molecule has 0 radical (unpaired) electrons. The molecule has 98 valence electrons. The van der Waals surface area contributed by atoms with Gasteiger partial charge in [0, 0.05) is 10.2 Å².